The summed E-state index contributed by atoms with van der Waals surface area (Å²) in [4.78, 5) is 12.3. The predicted octanol–water partition coefficient (Wildman–Crippen LogP) is 2.26. The minimum atomic E-state index is -3.94. The molecule has 8 nitrogen and oxygen atoms in total. The predicted molar refractivity (Wildman–Crippen MR) is 106 cm³/mol. The topological polar surface area (TPSA) is 120 Å². The molecule has 2 aromatic carbocycles. The highest BCUT2D eigenvalue weighted by molar-refractivity contribution is 7.91. The number of anilines is 2. The van der Waals surface area contributed by atoms with Crippen LogP contribution in [0.15, 0.2) is 52.4 Å². The molecule has 0 fully saturated rings. The molecule has 0 aliphatic heterocycles. The summed E-state index contributed by atoms with van der Waals surface area (Å²) in [5.41, 5.74) is 9.44. The summed E-state index contributed by atoms with van der Waals surface area (Å²) >= 11 is 0. The Labute approximate surface area is 163 Å². The second-order valence-electron chi connectivity index (χ2n) is 6.60. The molecular weight excluding hydrogens is 378 g/mol. The maximum absolute atomic E-state index is 12.8. The Morgan fingerprint density at radius 1 is 1.07 bits per heavy atom. The van der Waals surface area contributed by atoms with Gasteiger partial charge < -0.3 is 11.1 Å². The number of sulfone groups is 1. The van der Waals surface area contributed by atoms with E-state index in [0.29, 0.717) is 5.69 Å². The molecule has 0 radical (unpaired) electrons. The van der Waals surface area contributed by atoms with Crippen LogP contribution in [0.5, 0.6) is 0 Å². The highest BCUT2D eigenvalue weighted by Crippen LogP contribution is 2.25. The van der Waals surface area contributed by atoms with Crippen LogP contribution >= 0.6 is 0 Å². The molecule has 3 N–H and O–H groups in total. The molecule has 0 unspecified atom stereocenters. The summed E-state index contributed by atoms with van der Waals surface area (Å²) in [6.07, 6.45) is 0. The highest BCUT2D eigenvalue weighted by Gasteiger charge is 2.27. The minimum Gasteiger partial charge on any atom is -0.381 e. The normalized spacial score (nSPS) is 11.4. The summed E-state index contributed by atoms with van der Waals surface area (Å²) in [5, 5.41) is 9.80. The number of rotatable bonds is 5. The smallest absolute Gasteiger partial charge is 0.246 e. The molecule has 0 saturated carbocycles. The van der Waals surface area contributed by atoms with Crippen LogP contribution in [-0.2, 0) is 21.2 Å². The second kappa shape index (κ2) is 7.43. The van der Waals surface area contributed by atoms with Gasteiger partial charge in [-0.15, -0.1) is 5.10 Å². The van der Waals surface area contributed by atoms with Gasteiger partial charge in [-0.2, -0.15) is 0 Å². The first-order valence-electron chi connectivity index (χ1n) is 8.56. The fourth-order valence-electron chi connectivity index (χ4n) is 2.58. The van der Waals surface area contributed by atoms with Crippen molar-refractivity contribution in [1.29, 1.82) is 0 Å². The van der Waals surface area contributed by atoms with Gasteiger partial charge in [0.2, 0.25) is 20.8 Å². The number of nitrogens with two attached hydrogens (primary N) is 1. The third-order valence-electron chi connectivity index (χ3n) is 4.41. The molecule has 9 heteroatoms. The number of aromatic nitrogens is 3. The SMILES string of the molecule is Cc1ccc(NC(=O)Cn2nnc(S(=O)(=O)c3ccc(C)c(C)c3)c2N)cc1. The van der Waals surface area contributed by atoms with Crippen molar-refractivity contribution < 1.29 is 13.2 Å². The summed E-state index contributed by atoms with van der Waals surface area (Å²) in [5.74, 6) is -0.576. The number of nitrogens with zero attached hydrogens (tertiary/aromatic N) is 3. The zero-order valence-electron chi connectivity index (χ0n) is 15.8. The van der Waals surface area contributed by atoms with Gasteiger partial charge in [0.25, 0.3) is 0 Å². The van der Waals surface area contributed by atoms with Crippen LogP contribution in [0.4, 0.5) is 11.5 Å². The molecule has 1 heterocycles. The standard InChI is InChI=1S/C19H21N5O3S/c1-12-4-7-15(8-5-12)21-17(25)11-24-18(20)19(22-23-24)28(26,27)16-9-6-13(2)14(3)10-16/h4-10H,11,20H2,1-3H3,(H,21,25). The van der Waals surface area contributed by atoms with E-state index in [-0.39, 0.29) is 22.3 Å². The lowest BCUT2D eigenvalue weighted by Gasteiger charge is -2.07. The number of hydrogen-bond acceptors (Lipinski definition) is 6. The Hall–Kier alpha value is -3.20. The molecule has 1 amide bonds. The Balaban J connectivity index is 1.82. The number of nitrogens with one attached hydrogen (secondary N) is 1. The number of nitrogen functional groups attached to an aromatic ring is 1. The van der Waals surface area contributed by atoms with Gasteiger partial charge in [0, 0.05) is 5.69 Å². The zero-order valence-corrected chi connectivity index (χ0v) is 16.6. The van der Waals surface area contributed by atoms with Crippen molar-refractivity contribution in [2.24, 2.45) is 0 Å². The maximum atomic E-state index is 12.8. The van der Waals surface area contributed by atoms with Gasteiger partial charge in [0.05, 0.1) is 4.90 Å². The monoisotopic (exact) mass is 399 g/mol. The van der Waals surface area contributed by atoms with Crippen molar-refractivity contribution >= 4 is 27.2 Å². The van der Waals surface area contributed by atoms with E-state index in [1.165, 1.54) is 6.07 Å². The van der Waals surface area contributed by atoms with E-state index in [1.807, 2.05) is 32.9 Å². The average Bonchev–Trinajstić information content (AvgIpc) is 3.00. The molecular formula is C19H21N5O3S. The number of carbonyl (C=O) groups excluding carboxylic acids is 1. The molecule has 0 saturated heterocycles. The van der Waals surface area contributed by atoms with Crippen LogP contribution in [0.2, 0.25) is 0 Å². The number of amides is 1. The lowest BCUT2D eigenvalue weighted by Crippen LogP contribution is -2.21. The van der Waals surface area contributed by atoms with Crippen molar-refractivity contribution in [2.75, 3.05) is 11.1 Å². The molecule has 3 rings (SSSR count). The second-order valence-corrected chi connectivity index (χ2v) is 8.47. The van der Waals surface area contributed by atoms with E-state index in [2.05, 4.69) is 15.6 Å². The zero-order chi connectivity index (χ0) is 20.5. The van der Waals surface area contributed by atoms with Gasteiger partial charge in [-0.05, 0) is 56.2 Å². The first-order valence-corrected chi connectivity index (χ1v) is 10.0. The molecule has 0 spiro atoms. The summed E-state index contributed by atoms with van der Waals surface area (Å²) in [6, 6.07) is 12.1. The maximum Gasteiger partial charge on any atom is 0.246 e. The number of carbonyl (C=O) groups is 1. The molecule has 146 valence electrons. The van der Waals surface area contributed by atoms with Crippen LogP contribution in [-0.4, -0.2) is 29.3 Å². The lowest BCUT2D eigenvalue weighted by atomic mass is 10.1. The quantitative estimate of drug-likeness (QED) is 0.679. The number of aryl methyl sites for hydroxylation is 3. The minimum absolute atomic E-state index is 0.0819. The van der Waals surface area contributed by atoms with Crippen LogP contribution in [0.25, 0.3) is 0 Å². The third-order valence-corrected chi connectivity index (χ3v) is 6.09. The van der Waals surface area contributed by atoms with Crippen LogP contribution in [0.1, 0.15) is 16.7 Å². The van der Waals surface area contributed by atoms with Gasteiger partial charge in [-0.3, -0.25) is 4.79 Å². The highest BCUT2D eigenvalue weighted by atomic mass is 32.2. The first-order chi connectivity index (χ1) is 13.2. The Bertz CT molecular complexity index is 1130. The van der Waals surface area contributed by atoms with Gasteiger partial charge >= 0.3 is 0 Å². The molecule has 0 aliphatic carbocycles. The van der Waals surface area contributed by atoms with E-state index >= 15 is 0 Å². The molecule has 28 heavy (non-hydrogen) atoms. The summed E-state index contributed by atoms with van der Waals surface area (Å²) in [6.45, 7) is 5.40. The Kier molecular flexibility index (Phi) is 5.19. The van der Waals surface area contributed by atoms with Gasteiger partial charge in [0.15, 0.2) is 5.82 Å². The van der Waals surface area contributed by atoms with Gasteiger partial charge in [-0.1, -0.05) is 29.0 Å². The molecule has 0 aliphatic rings. The van der Waals surface area contributed by atoms with Crippen molar-refractivity contribution in [3.05, 3.63) is 59.2 Å². The van der Waals surface area contributed by atoms with Crippen molar-refractivity contribution in [1.82, 2.24) is 15.0 Å². The van der Waals surface area contributed by atoms with Crippen LogP contribution in [0, 0.1) is 20.8 Å². The molecule has 1 aromatic heterocycles. The van der Waals surface area contributed by atoms with Gasteiger partial charge in [-0.25, -0.2) is 13.1 Å². The molecule has 0 atom stereocenters. The number of hydrogen-bond donors (Lipinski definition) is 2. The average molecular weight is 399 g/mol. The van der Waals surface area contributed by atoms with Crippen LogP contribution in [0.3, 0.4) is 0 Å². The van der Waals surface area contributed by atoms with E-state index in [4.69, 9.17) is 5.73 Å². The fourth-order valence-corrected chi connectivity index (χ4v) is 3.91. The third kappa shape index (κ3) is 3.89. The van der Waals surface area contributed by atoms with Crippen LogP contribution < -0.4 is 11.1 Å². The molecule has 3 aromatic rings. The van der Waals surface area contributed by atoms with E-state index < -0.39 is 15.7 Å². The van der Waals surface area contributed by atoms with Crippen molar-refractivity contribution in [2.45, 2.75) is 37.2 Å². The fraction of sp³-hybridized carbons (Fsp3) is 0.211. The van der Waals surface area contributed by atoms with Crippen molar-refractivity contribution in [3.8, 4) is 0 Å². The molecule has 0 bridgehead atoms. The largest absolute Gasteiger partial charge is 0.381 e. The lowest BCUT2D eigenvalue weighted by molar-refractivity contribution is -0.116. The van der Waals surface area contributed by atoms with E-state index in [0.717, 1.165) is 21.4 Å². The van der Waals surface area contributed by atoms with Gasteiger partial charge in [0.1, 0.15) is 6.54 Å². The Morgan fingerprint density at radius 3 is 2.39 bits per heavy atom. The van der Waals surface area contributed by atoms with E-state index in [1.54, 1.807) is 24.3 Å². The summed E-state index contributed by atoms with van der Waals surface area (Å²) < 4.78 is 26.8. The summed E-state index contributed by atoms with van der Waals surface area (Å²) in [7, 11) is -3.94. The first kappa shape index (κ1) is 19.6. The van der Waals surface area contributed by atoms with Crippen molar-refractivity contribution in [3.63, 3.8) is 0 Å². The number of benzene rings is 2. The Morgan fingerprint density at radius 2 is 1.75 bits per heavy atom. The van der Waals surface area contributed by atoms with E-state index in [9.17, 15) is 13.2 Å².